The summed E-state index contributed by atoms with van der Waals surface area (Å²) in [6.45, 7) is 2.06. The van der Waals surface area contributed by atoms with Gasteiger partial charge in [0.25, 0.3) is 0 Å². The molecule has 1 fully saturated rings. The van der Waals surface area contributed by atoms with E-state index in [0.29, 0.717) is 29.8 Å². The van der Waals surface area contributed by atoms with Gasteiger partial charge in [0.2, 0.25) is 0 Å². The zero-order valence-corrected chi connectivity index (χ0v) is 16.0. The molecule has 0 radical (unpaired) electrons. The first-order valence-corrected chi connectivity index (χ1v) is 9.86. The summed E-state index contributed by atoms with van der Waals surface area (Å²) in [6.07, 6.45) is 2.48. The van der Waals surface area contributed by atoms with Crippen molar-refractivity contribution in [2.75, 3.05) is 37.3 Å². The predicted molar refractivity (Wildman–Crippen MR) is 106 cm³/mol. The van der Waals surface area contributed by atoms with Crippen LogP contribution in [0.1, 0.15) is 6.42 Å². The Morgan fingerprint density at radius 2 is 2.07 bits per heavy atom. The van der Waals surface area contributed by atoms with Crippen LogP contribution >= 0.6 is 11.8 Å². The number of pyridine rings is 1. The van der Waals surface area contributed by atoms with Crippen LogP contribution in [0.25, 0.3) is 0 Å². The van der Waals surface area contributed by atoms with Crippen LogP contribution in [-0.2, 0) is 0 Å². The fourth-order valence-corrected chi connectivity index (χ4v) is 3.77. The molecule has 0 aliphatic carbocycles. The van der Waals surface area contributed by atoms with Gasteiger partial charge in [-0.25, -0.2) is 13.8 Å². The van der Waals surface area contributed by atoms with E-state index in [-0.39, 0.29) is 17.7 Å². The molecule has 0 saturated carbocycles. The summed E-state index contributed by atoms with van der Waals surface area (Å²) in [7, 11) is 1.71. The Hall–Kier alpha value is -2.35. The molecule has 1 aromatic heterocycles. The summed E-state index contributed by atoms with van der Waals surface area (Å²) in [5.74, 6) is 1.31. The van der Waals surface area contributed by atoms with Gasteiger partial charge in [0.1, 0.15) is 5.82 Å². The van der Waals surface area contributed by atoms with Gasteiger partial charge in [0.05, 0.1) is 0 Å². The summed E-state index contributed by atoms with van der Waals surface area (Å²) in [5, 5.41) is 6.60. The van der Waals surface area contributed by atoms with Crippen molar-refractivity contribution in [1.82, 2.24) is 15.6 Å². The number of nitrogens with zero attached hydrogens (tertiary/aromatic N) is 3. The number of benzene rings is 1. The first-order valence-electron chi connectivity index (χ1n) is 8.87. The standard InChI is InChI=1S/C19H23F2N5S/c1-22-19(24-10-12-27-17-7-3-2-5-15(17)20)25-14-8-11-26(13-14)18-16(21)6-4-9-23-18/h2-7,9,14H,8,10-13H2,1H3,(H2,22,24,25). The van der Waals surface area contributed by atoms with Gasteiger partial charge in [-0.2, -0.15) is 0 Å². The molecule has 27 heavy (non-hydrogen) atoms. The van der Waals surface area contributed by atoms with Gasteiger partial charge in [-0.15, -0.1) is 11.8 Å². The number of aliphatic imine (C=N–C) groups is 1. The van der Waals surface area contributed by atoms with E-state index in [4.69, 9.17) is 0 Å². The van der Waals surface area contributed by atoms with E-state index in [2.05, 4.69) is 20.6 Å². The van der Waals surface area contributed by atoms with Crippen molar-refractivity contribution in [2.24, 2.45) is 4.99 Å². The maximum Gasteiger partial charge on any atom is 0.191 e. The number of halogens is 2. The lowest BCUT2D eigenvalue weighted by atomic mass is 10.3. The van der Waals surface area contributed by atoms with Crippen molar-refractivity contribution in [3.8, 4) is 0 Å². The molecule has 0 spiro atoms. The molecular weight excluding hydrogens is 368 g/mol. The Morgan fingerprint density at radius 3 is 2.85 bits per heavy atom. The zero-order chi connectivity index (χ0) is 19.1. The quantitative estimate of drug-likeness (QED) is 0.343. The minimum absolute atomic E-state index is 0.164. The number of thioether (sulfide) groups is 1. The van der Waals surface area contributed by atoms with Crippen LogP contribution in [0.4, 0.5) is 14.6 Å². The summed E-state index contributed by atoms with van der Waals surface area (Å²) < 4.78 is 27.5. The van der Waals surface area contributed by atoms with Crippen LogP contribution in [0.15, 0.2) is 52.5 Å². The molecule has 2 N–H and O–H groups in total. The molecule has 8 heteroatoms. The van der Waals surface area contributed by atoms with Crippen molar-refractivity contribution < 1.29 is 8.78 Å². The van der Waals surface area contributed by atoms with Crippen LogP contribution in [0.3, 0.4) is 0 Å². The van der Waals surface area contributed by atoms with Crippen LogP contribution in [0.5, 0.6) is 0 Å². The van der Waals surface area contributed by atoms with Gasteiger partial charge in [0, 0.05) is 49.6 Å². The van der Waals surface area contributed by atoms with Gasteiger partial charge in [-0.1, -0.05) is 12.1 Å². The van der Waals surface area contributed by atoms with Crippen molar-refractivity contribution in [1.29, 1.82) is 0 Å². The smallest absolute Gasteiger partial charge is 0.191 e. The second-order valence-electron chi connectivity index (χ2n) is 6.16. The third-order valence-corrected chi connectivity index (χ3v) is 5.33. The van der Waals surface area contributed by atoms with E-state index in [1.165, 1.54) is 23.9 Å². The lowest BCUT2D eigenvalue weighted by Crippen LogP contribution is -2.45. The van der Waals surface area contributed by atoms with E-state index in [1.54, 1.807) is 31.4 Å². The van der Waals surface area contributed by atoms with Crippen LogP contribution in [0, 0.1) is 11.6 Å². The second-order valence-corrected chi connectivity index (χ2v) is 7.30. The topological polar surface area (TPSA) is 52.6 Å². The maximum atomic E-state index is 13.9. The van der Waals surface area contributed by atoms with E-state index in [0.717, 1.165) is 18.7 Å². The fraction of sp³-hybridized carbons (Fsp3) is 0.368. The largest absolute Gasteiger partial charge is 0.356 e. The monoisotopic (exact) mass is 391 g/mol. The third-order valence-electron chi connectivity index (χ3n) is 4.28. The van der Waals surface area contributed by atoms with E-state index >= 15 is 0 Å². The van der Waals surface area contributed by atoms with Crippen molar-refractivity contribution in [3.05, 3.63) is 54.2 Å². The number of aromatic nitrogens is 1. The highest BCUT2D eigenvalue weighted by atomic mass is 32.2. The average molecular weight is 391 g/mol. The number of nitrogens with one attached hydrogen (secondary N) is 2. The number of anilines is 1. The minimum Gasteiger partial charge on any atom is -0.356 e. The Balaban J connectivity index is 1.43. The lowest BCUT2D eigenvalue weighted by Gasteiger charge is -2.20. The molecule has 1 atom stereocenters. The Labute approximate surface area is 162 Å². The fourth-order valence-electron chi connectivity index (χ4n) is 2.96. The van der Waals surface area contributed by atoms with Crippen LogP contribution < -0.4 is 15.5 Å². The highest BCUT2D eigenvalue weighted by Crippen LogP contribution is 2.21. The number of hydrogen-bond acceptors (Lipinski definition) is 4. The zero-order valence-electron chi connectivity index (χ0n) is 15.2. The lowest BCUT2D eigenvalue weighted by molar-refractivity contribution is 0.602. The molecule has 144 valence electrons. The van der Waals surface area contributed by atoms with Gasteiger partial charge in [0.15, 0.2) is 17.6 Å². The molecule has 1 unspecified atom stereocenters. The molecule has 1 aromatic carbocycles. The number of guanidine groups is 1. The molecule has 2 aromatic rings. The normalized spacial score (nSPS) is 17.2. The Kier molecular flexibility index (Phi) is 6.86. The molecule has 0 bridgehead atoms. The van der Waals surface area contributed by atoms with Gasteiger partial charge >= 0.3 is 0 Å². The van der Waals surface area contributed by atoms with E-state index in [9.17, 15) is 8.78 Å². The third kappa shape index (κ3) is 5.32. The van der Waals surface area contributed by atoms with E-state index < -0.39 is 0 Å². The first-order chi connectivity index (χ1) is 13.2. The summed E-state index contributed by atoms with van der Waals surface area (Å²) >= 11 is 1.46. The molecule has 2 heterocycles. The minimum atomic E-state index is -0.300. The number of rotatable bonds is 6. The summed E-state index contributed by atoms with van der Waals surface area (Å²) in [6, 6.07) is 9.94. The van der Waals surface area contributed by atoms with Crippen molar-refractivity contribution in [2.45, 2.75) is 17.4 Å². The highest BCUT2D eigenvalue weighted by Gasteiger charge is 2.25. The second kappa shape index (κ2) is 9.55. The SMILES string of the molecule is CN=C(NCCSc1ccccc1F)NC1CCN(c2ncccc2F)C1. The number of hydrogen-bond donors (Lipinski definition) is 2. The average Bonchev–Trinajstić information content (AvgIpc) is 3.14. The van der Waals surface area contributed by atoms with Crippen molar-refractivity contribution >= 4 is 23.5 Å². The molecule has 1 aliphatic rings. The molecular formula is C19H23F2N5S. The van der Waals surface area contributed by atoms with Gasteiger partial charge in [-0.3, -0.25) is 4.99 Å². The molecule has 1 aliphatic heterocycles. The first kappa shape index (κ1) is 19.4. The Bertz CT molecular complexity index is 786. The summed E-state index contributed by atoms with van der Waals surface area (Å²) in [4.78, 5) is 10.9. The molecule has 3 rings (SSSR count). The molecule has 5 nitrogen and oxygen atoms in total. The van der Waals surface area contributed by atoms with Gasteiger partial charge < -0.3 is 15.5 Å². The van der Waals surface area contributed by atoms with Crippen molar-refractivity contribution in [3.63, 3.8) is 0 Å². The van der Waals surface area contributed by atoms with Crippen LogP contribution in [0.2, 0.25) is 0 Å². The maximum absolute atomic E-state index is 13.9. The van der Waals surface area contributed by atoms with Gasteiger partial charge in [-0.05, 0) is 30.7 Å². The Morgan fingerprint density at radius 1 is 1.26 bits per heavy atom. The van der Waals surface area contributed by atoms with E-state index in [1.807, 2.05) is 11.0 Å². The molecule has 1 saturated heterocycles. The molecule has 0 amide bonds. The summed E-state index contributed by atoms with van der Waals surface area (Å²) in [5.41, 5.74) is 0. The van der Waals surface area contributed by atoms with Crippen LogP contribution in [-0.4, -0.2) is 49.4 Å². The predicted octanol–water partition coefficient (Wildman–Crippen LogP) is 2.90. The highest BCUT2D eigenvalue weighted by molar-refractivity contribution is 7.99.